The van der Waals surface area contributed by atoms with Gasteiger partial charge in [-0.05, 0) is 43.3 Å². The zero-order valence-electron chi connectivity index (χ0n) is 17.6. The summed E-state index contributed by atoms with van der Waals surface area (Å²) in [6, 6.07) is 19.3. The maximum Gasteiger partial charge on any atom is 0.250 e. The van der Waals surface area contributed by atoms with Gasteiger partial charge in [0.05, 0.1) is 17.7 Å². The molecule has 0 bridgehead atoms. The van der Waals surface area contributed by atoms with Gasteiger partial charge in [0.15, 0.2) is 11.0 Å². The van der Waals surface area contributed by atoms with Crippen LogP contribution in [-0.4, -0.2) is 37.2 Å². The fourth-order valence-corrected chi connectivity index (χ4v) is 3.89. The summed E-state index contributed by atoms with van der Waals surface area (Å²) >= 11 is 7.36. The number of aryl methyl sites for hydroxylation is 2. The molecule has 0 atom stereocenters. The predicted octanol–water partition coefficient (Wildman–Crippen LogP) is 4.48. The number of hydrazone groups is 1. The highest BCUT2D eigenvalue weighted by molar-refractivity contribution is 7.99. The van der Waals surface area contributed by atoms with Gasteiger partial charge >= 0.3 is 0 Å². The molecule has 2 heterocycles. The molecular weight excluding hydrogens is 444 g/mol. The zero-order valence-corrected chi connectivity index (χ0v) is 19.1. The number of nitrogens with zero attached hydrogens (tertiary/aromatic N) is 5. The highest BCUT2D eigenvalue weighted by Crippen LogP contribution is 2.28. The minimum Gasteiger partial charge on any atom is -0.350 e. The topological polar surface area (TPSA) is 77.1 Å². The van der Waals surface area contributed by atoms with Crippen molar-refractivity contribution in [1.82, 2.24) is 24.8 Å². The van der Waals surface area contributed by atoms with Crippen molar-refractivity contribution >= 4 is 35.5 Å². The van der Waals surface area contributed by atoms with Gasteiger partial charge in [-0.1, -0.05) is 53.2 Å². The Morgan fingerprint density at radius 1 is 1.12 bits per heavy atom. The van der Waals surface area contributed by atoms with Crippen LogP contribution in [0, 0.1) is 6.92 Å². The van der Waals surface area contributed by atoms with Crippen molar-refractivity contribution in [2.45, 2.75) is 12.1 Å². The Balaban J connectivity index is 1.53. The van der Waals surface area contributed by atoms with Crippen molar-refractivity contribution in [1.29, 1.82) is 0 Å². The Morgan fingerprint density at radius 2 is 1.88 bits per heavy atom. The summed E-state index contributed by atoms with van der Waals surface area (Å²) < 4.78 is 3.83. The van der Waals surface area contributed by atoms with Crippen molar-refractivity contribution in [3.8, 4) is 17.1 Å². The fraction of sp³-hybridized carbons (Fsp3) is 0.130. The van der Waals surface area contributed by atoms with Gasteiger partial charge in [-0.2, -0.15) is 5.10 Å². The number of amides is 1. The number of carbonyl (C=O) groups excluding carboxylic acids is 1. The molecule has 7 nitrogen and oxygen atoms in total. The number of benzene rings is 2. The number of aromatic nitrogens is 4. The lowest BCUT2D eigenvalue weighted by Crippen LogP contribution is -2.20. The Bertz CT molecular complexity index is 1240. The third-order valence-corrected chi connectivity index (χ3v) is 5.91. The van der Waals surface area contributed by atoms with E-state index in [0.717, 1.165) is 22.5 Å². The summed E-state index contributed by atoms with van der Waals surface area (Å²) in [4.78, 5) is 12.3. The molecule has 1 amide bonds. The van der Waals surface area contributed by atoms with Gasteiger partial charge in [0.2, 0.25) is 0 Å². The van der Waals surface area contributed by atoms with Crippen LogP contribution >= 0.6 is 23.4 Å². The summed E-state index contributed by atoms with van der Waals surface area (Å²) in [5, 5.41) is 14.0. The van der Waals surface area contributed by atoms with E-state index in [1.807, 2.05) is 90.0 Å². The van der Waals surface area contributed by atoms with E-state index in [-0.39, 0.29) is 11.7 Å². The van der Waals surface area contributed by atoms with Crippen LogP contribution in [0.3, 0.4) is 0 Å². The summed E-state index contributed by atoms with van der Waals surface area (Å²) in [7, 11) is 1.91. The van der Waals surface area contributed by atoms with Crippen molar-refractivity contribution in [3.05, 3.63) is 83.1 Å². The van der Waals surface area contributed by atoms with Crippen LogP contribution in [0.1, 0.15) is 11.3 Å². The third-order valence-electron chi connectivity index (χ3n) is 4.73. The minimum absolute atomic E-state index is 0.143. The van der Waals surface area contributed by atoms with Gasteiger partial charge in [-0.15, -0.1) is 10.2 Å². The van der Waals surface area contributed by atoms with Crippen molar-refractivity contribution in [2.75, 3.05) is 5.75 Å². The molecule has 4 aromatic rings. The molecule has 0 unspecified atom stereocenters. The highest BCUT2D eigenvalue weighted by Gasteiger charge is 2.17. The Kier molecular flexibility index (Phi) is 6.72. The van der Waals surface area contributed by atoms with E-state index in [9.17, 15) is 4.79 Å². The molecule has 32 heavy (non-hydrogen) atoms. The summed E-state index contributed by atoms with van der Waals surface area (Å²) in [5.41, 5.74) is 6.40. The molecule has 9 heteroatoms. The van der Waals surface area contributed by atoms with Gasteiger partial charge in [0.1, 0.15) is 0 Å². The number of rotatable bonds is 7. The SMILES string of the molecule is Cc1ccc(-c2nnc(SCC(=O)N/N=C\c3cccn3C)n2-c2ccc(Cl)cc2)cc1. The maximum absolute atomic E-state index is 12.3. The molecule has 0 radical (unpaired) electrons. The first kappa shape index (κ1) is 21.9. The largest absolute Gasteiger partial charge is 0.350 e. The average Bonchev–Trinajstić information content (AvgIpc) is 3.40. The van der Waals surface area contributed by atoms with Crippen LogP contribution in [0.25, 0.3) is 17.1 Å². The molecule has 1 N–H and O–H groups in total. The molecule has 0 spiro atoms. The van der Waals surface area contributed by atoms with Crippen LogP contribution < -0.4 is 5.43 Å². The molecule has 0 aliphatic heterocycles. The number of halogens is 1. The van der Waals surface area contributed by atoms with Crippen LogP contribution in [-0.2, 0) is 11.8 Å². The van der Waals surface area contributed by atoms with Crippen molar-refractivity contribution in [3.63, 3.8) is 0 Å². The molecule has 0 aliphatic carbocycles. The molecule has 0 saturated carbocycles. The van der Waals surface area contributed by atoms with E-state index in [1.54, 1.807) is 6.21 Å². The number of hydrogen-bond acceptors (Lipinski definition) is 5. The molecule has 4 rings (SSSR count). The second-order valence-electron chi connectivity index (χ2n) is 7.11. The normalized spacial score (nSPS) is 11.2. The van der Waals surface area contributed by atoms with Crippen LogP contribution in [0.4, 0.5) is 0 Å². The van der Waals surface area contributed by atoms with E-state index < -0.39 is 0 Å². The van der Waals surface area contributed by atoms with Crippen LogP contribution in [0.15, 0.2) is 77.1 Å². The van der Waals surface area contributed by atoms with Crippen molar-refractivity contribution in [2.24, 2.45) is 12.1 Å². The van der Waals surface area contributed by atoms with Gasteiger partial charge in [-0.3, -0.25) is 9.36 Å². The second kappa shape index (κ2) is 9.84. The monoisotopic (exact) mass is 464 g/mol. The molecule has 2 aromatic heterocycles. The van der Waals surface area contributed by atoms with E-state index in [0.29, 0.717) is 16.0 Å². The lowest BCUT2D eigenvalue weighted by Gasteiger charge is -2.10. The first-order chi connectivity index (χ1) is 15.5. The molecule has 0 aliphatic rings. The first-order valence-electron chi connectivity index (χ1n) is 9.86. The Hall–Kier alpha value is -3.36. The lowest BCUT2D eigenvalue weighted by atomic mass is 10.1. The number of hydrogen-bond donors (Lipinski definition) is 1. The van der Waals surface area contributed by atoms with E-state index in [4.69, 9.17) is 11.6 Å². The highest BCUT2D eigenvalue weighted by atomic mass is 35.5. The number of thioether (sulfide) groups is 1. The fourth-order valence-electron chi connectivity index (χ4n) is 3.02. The van der Waals surface area contributed by atoms with E-state index in [1.165, 1.54) is 11.8 Å². The molecular formula is C23H21ClN6OS. The molecule has 0 fully saturated rings. The lowest BCUT2D eigenvalue weighted by molar-refractivity contribution is -0.118. The van der Waals surface area contributed by atoms with Gasteiger partial charge in [-0.25, -0.2) is 5.43 Å². The second-order valence-corrected chi connectivity index (χ2v) is 8.49. The van der Waals surface area contributed by atoms with Gasteiger partial charge < -0.3 is 4.57 Å². The molecule has 2 aromatic carbocycles. The summed E-state index contributed by atoms with van der Waals surface area (Å²) in [5.74, 6) is 0.601. The quantitative estimate of drug-likeness (QED) is 0.248. The average molecular weight is 465 g/mol. The Morgan fingerprint density at radius 3 is 2.56 bits per heavy atom. The molecule has 0 saturated heterocycles. The number of carbonyl (C=O) groups is 1. The van der Waals surface area contributed by atoms with E-state index in [2.05, 4.69) is 20.7 Å². The predicted molar refractivity (Wildman–Crippen MR) is 128 cm³/mol. The number of nitrogens with one attached hydrogen (secondary N) is 1. The maximum atomic E-state index is 12.3. The van der Waals surface area contributed by atoms with Gasteiger partial charge in [0, 0.05) is 29.5 Å². The molecule has 162 valence electrons. The van der Waals surface area contributed by atoms with E-state index >= 15 is 0 Å². The first-order valence-corrected chi connectivity index (χ1v) is 11.2. The van der Waals surface area contributed by atoms with Crippen LogP contribution in [0.2, 0.25) is 5.02 Å². The summed E-state index contributed by atoms with van der Waals surface area (Å²) in [6.07, 6.45) is 3.52. The third kappa shape index (κ3) is 5.09. The zero-order chi connectivity index (χ0) is 22.5. The van der Waals surface area contributed by atoms with Crippen molar-refractivity contribution < 1.29 is 4.79 Å². The minimum atomic E-state index is -0.233. The van der Waals surface area contributed by atoms with Crippen LogP contribution in [0.5, 0.6) is 0 Å². The Labute approximate surface area is 195 Å². The smallest absolute Gasteiger partial charge is 0.250 e. The standard InChI is InChI=1S/C23H21ClN6OS/c1-16-5-7-17(8-6-16)22-27-28-23(30(22)19-11-9-18(24)10-12-19)32-15-21(31)26-25-14-20-4-3-13-29(20)2/h3-14H,15H2,1-2H3,(H,26,31)/b25-14-. The van der Waals surface area contributed by atoms with Gasteiger partial charge in [0.25, 0.3) is 5.91 Å². The summed E-state index contributed by atoms with van der Waals surface area (Å²) in [6.45, 7) is 2.04.